The predicted octanol–water partition coefficient (Wildman–Crippen LogP) is 2.92. The number of benzene rings is 1. The van der Waals surface area contributed by atoms with Gasteiger partial charge >= 0.3 is 5.69 Å². The first kappa shape index (κ1) is 16.2. The van der Waals surface area contributed by atoms with E-state index in [1.807, 2.05) is 13.8 Å². The molecule has 0 heterocycles. The molecule has 112 valence electrons. The van der Waals surface area contributed by atoms with Crippen molar-refractivity contribution in [3.05, 3.63) is 28.3 Å². The van der Waals surface area contributed by atoms with Gasteiger partial charge in [0.15, 0.2) is 5.75 Å². The minimum absolute atomic E-state index is 0.0333. The Balaban J connectivity index is 3.23. The molecule has 1 aromatic carbocycles. The molecule has 0 fully saturated rings. The molecule has 1 rings (SSSR count). The van der Waals surface area contributed by atoms with Crippen LogP contribution in [0, 0.1) is 10.1 Å². The maximum atomic E-state index is 11.3. The fraction of sp³-hybridized carbons (Fsp3) is 0.571. The van der Waals surface area contributed by atoms with Gasteiger partial charge in [-0.1, -0.05) is 19.9 Å². The van der Waals surface area contributed by atoms with Crippen LogP contribution in [0.2, 0.25) is 0 Å². The number of rotatable bonds is 8. The van der Waals surface area contributed by atoms with Crippen LogP contribution in [-0.4, -0.2) is 23.6 Å². The molecule has 0 aliphatic carbocycles. The van der Waals surface area contributed by atoms with Gasteiger partial charge in [0, 0.05) is 12.1 Å². The average Bonchev–Trinajstić information content (AvgIpc) is 2.45. The Hall–Kier alpha value is -1.82. The number of anilines is 1. The zero-order valence-corrected chi connectivity index (χ0v) is 12.3. The maximum Gasteiger partial charge on any atom is 0.333 e. The summed E-state index contributed by atoms with van der Waals surface area (Å²) in [6.07, 6.45) is 1.58. The second-order valence-electron chi connectivity index (χ2n) is 4.66. The average molecular weight is 281 g/mol. The lowest BCUT2D eigenvalue weighted by molar-refractivity contribution is -0.385. The first-order chi connectivity index (χ1) is 9.53. The van der Waals surface area contributed by atoms with E-state index in [9.17, 15) is 10.1 Å². The lowest BCUT2D eigenvalue weighted by Crippen LogP contribution is -2.44. The molecular weight excluding hydrogens is 258 g/mol. The molecule has 0 aromatic heterocycles. The molecule has 0 spiro atoms. The lowest BCUT2D eigenvalue weighted by Gasteiger charge is -2.32. The summed E-state index contributed by atoms with van der Waals surface area (Å²) in [5.41, 5.74) is 5.92. The highest BCUT2D eigenvalue weighted by Crippen LogP contribution is 2.37. The summed E-state index contributed by atoms with van der Waals surface area (Å²) in [6.45, 7) is 6.62. The third-order valence-corrected chi connectivity index (χ3v) is 3.63. The van der Waals surface area contributed by atoms with Crippen molar-refractivity contribution in [1.29, 1.82) is 0 Å². The molecule has 0 saturated carbocycles. The summed E-state index contributed by atoms with van der Waals surface area (Å²) in [5, 5.41) is 14.6. The van der Waals surface area contributed by atoms with E-state index in [-0.39, 0.29) is 17.0 Å². The summed E-state index contributed by atoms with van der Waals surface area (Å²) in [7, 11) is 0. The van der Waals surface area contributed by atoms with E-state index >= 15 is 0 Å². The Labute approximate surface area is 119 Å². The summed E-state index contributed by atoms with van der Waals surface area (Å²) in [4.78, 5) is 10.9. The van der Waals surface area contributed by atoms with E-state index in [1.165, 1.54) is 0 Å². The van der Waals surface area contributed by atoms with Gasteiger partial charge in [-0.25, -0.2) is 0 Å². The Morgan fingerprint density at radius 2 is 2.00 bits per heavy atom. The number of para-hydroxylation sites is 1. The molecule has 0 unspecified atom stereocenters. The minimum atomic E-state index is -0.417. The zero-order chi connectivity index (χ0) is 15.2. The summed E-state index contributed by atoms with van der Waals surface area (Å²) >= 11 is 0. The van der Waals surface area contributed by atoms with Crippen LogP contribution in [0.5, 0.6) is 5.75 Å². The maximum absolute atomic E-state index is 11.3. The van der Waals surface area contributed by atoms with E-state index in [4.69, 9.17) is 10.5 Å². The number of nitro benzene ring substituents is 1. The molecule has 3 N–H and O–H groups in total. The van der Waals surface area contributed by atoms with Gasteiger partial charge in [0.25, 0.3) is 0 Å². The van der Waals surface area contributed by atoms with E-state index in [1.54, 1.807) is 25.1 Å². The Morgan fingerprint density at radius 1 is 1.35 bits per heavy atom. The quantitative estimate of drug-likeness (QED) is 0.564. The summed E-state index contributed by atoms with van der Waals surface area (Å²) in [5.74, 6) is 0.278. The van der Waals surface area contributed by atoms with Crippen molar-refractivity contribution in [2.75, 3.05) is 18.5 Å². The number of nitro groups is 1. The molecule has 0 aliphatic heterocycles. The summed E-state index contributed by atoms with van der Waals surface area (Å²) < 4.78 is 5.34. The molecule has 0 atom stereocenters. The van der Waals surface area contributed by atoms with E-state index in [0.717, 1.165) is 12.8 Å². The van der Waals surface area contributed by atoms with Gasteiger partial charge < -0.3 is 15.8 Å². The monoisotopic (exact) mass is 281 g/mol. The van der Waals surface area contributed by atoms with Crippen molar-refractivity contribution in [2.24, 2.45) is 5.73 Å². The Kier molecular flexibility index (Phi) is 5.76. The third kappa shape index (κ3) is 3.39. The van der Waals surface area contributed by atoms with E-state index in [2.05, 4.69) is 5.32 Å². The van der Waals surface area contributed by atoms with Crippen LogP contribution in [0.25, 0.3) is 0 Å². The van der Waals surface area contributed by atoms with Gasteiger partial charge in [-0.2, -0.15) is 0 Å². The van der Waals surface area contributed by atoms with Crippen molar-refractivity contribution in [1.82, 2.24) is 0 Å². The van der Waals surface area contributed by atoms with Crippen molar-refractivity contribution in [3.63, 3.8) is 0 Å². The van der Waals surface area contributed by atoms with Crippen LogP contribution >= 0.6 is 0 Å². The fourth-order valence-electron chi connectivity index (χ4n) is 2.14. The number of nitrogens with one attached hydrogen (secondary N) is 1. The largest absolute Gasteiger partial charge is 0.487 e. The molecule has 1 aromatic rings. The zero-order valence-electron chi connectivity index (χ0n) is 12.3. The SMILES string of the molecule is CCOc1cccc(NC(CC)(CC)CN)c1[N+](=O)[O-]. The van der Waals surface area contributed by atoms with Crippen LogP contribution in [0.1, 0.15) is 33.6 Å². The highest BCUT2D eigenvalue weighted by molar-refractivity contribution is 5.69. The smallest absolute Gasteiger partial charge is 0.333 e. The molecule has 0 saturated heterocycles. The van der Waals surface area contributed by atoms with Crippen molar-refractivity contribution in [2.45, 2.75) is 39.2 Å². The predicted molar refractivity (Wildman–Crippen MR) is 80.3 cm³/mol. The van der Waals surface area contributed by atoms with Gasteiger partial charge in [0.05, 0.1) is 11.5 Å². The molecular formula is C14H23N3O3. The molecule has 20 heavy (non-hydrogen) atoms. The first-order valence-electron chi connectivity index (χ1n) is 6.92. The molecule has 0 bridgehead atoms. The fourth-order valence-corrected chi connectivity index (χ4v) is 2.14. The lowest BCUT2D eigenvalue weighted by atomic mass is 9.92. The number of hydrogen-bond acceptors (Lipinski definition) is 5. The standard InChI is InChI=1S/C14H23N3O3/c1-4-14(5-2,10-15)16-11-8-7-9-12(20-6-3)13(11)17(18)19/h7-9,16H,4-6,10,15H2,1-3H3. The van der Waals surface area contributed by atoms with Gasteiger partial charge in [-0.15, -0.1) is 0 Å². The topological polar surface area (TPSA) is 90.4 Å². The van der Waals surface area contributed by atoms with Crippen molar-refractivity contribution < 1.29 is 9.66 Å². The molecule has 0 radical (unpaired) electrons. The van der Waals surface area contributed by atoms with Crippen LogP contribution in [0.15, 0.2) is 18.2 Å². The van der Waals surface area contributed by atoms with Crippen LogP contribution in [-0.2, 0) is 0 Å². The van der Waals surface area contributed by atoms with Gasteiger partial charge in [0.1, 0.15) is 5.69 Å². The highest BCUT2D eigenvalue weighted by Gasteiger charge is 2.29. The van der Waals surface area contributed by atoms with E-state index in [0.29, 0.717) is 18.8 Å². The Bertz CT molecular complexity index is 451. The van der Waals surface area contributed by atoms with Crippen LogP contribution < -0.4 is 15.8 Å². The van der Waals surface area contributed by atoms with Crippen molar-refractivity contribution in [3.8, 4) is 5.75 Å². The summed E-state index contributed by atoms with van der Waals surface area (Å²) in [6, 6.07) is 5.04. The number of nitrogens with two attached hydrogens (primary N) is 1. The van der Waals surface area contributed by atoms with E-state index < -0.39 is 4.92 Å². The first-order valence-corrected chi connectivity index (χ1v) is 6.92. The van der Waals surface area contributed by atoms with Gasteiger partial charge in [-0.3, -0.25) is 10.1 Å². The number of hydrogen-bond donors (Lipinski definition) is 2. The van der Waals surface area contributed by atoms with Crippen molar-refractivity contribution >= 4 is 11.4 Å². The second kappa shape index (κ2) is 7.09. The normalized spacial score (nSPS) is 11.2. The van der Waals surface area contributed by atoms with Gasteiger partial charge in [-0.05, 0) is 31.9 Å². The Morgan fingerprint density at radius 3 is 2.45 bits per heavy atom. The minimum Gasteiger partial charge on any atom is -0.487 e. The third-order valence-electron chi connectivity index (χ3n) is 3.63. The molecule has 6 heteroatoms. The second-order valence-corrected chi connectivity index (χ2v) is 4.66. The molecule has 0 aliphatic rings. The highest BCUT2D eigenvalue weighted by atomic mass is 16.6. The van der Waals surface area contributed by atoms with Gasteiger partial charge in [0.2, 0.25) is 0 Å². The molecule has 0 amide bonds. The van der Waals surface area contributed by atoms with Crippen LogP contribution in [0.3, 0.4) is 0 Å². The van der Waals surface area contributed by atoms with Crippen LogP contribution in [0.4, 0.5) is 11.4 Å². The number of nitrogens with zero attached hydrogens (tertiary/aromatic N) is 1. The number of ether oxygens (including phenoxy) is 1. The molecule has 6 nitrogen and oxygen atoms in total.